The number of hydrogen-bond acceptors (Lipinski definition) is 4. The van der Waals surface area contributed by atoms with Crippen LogP contribution in [0.5, 0.6) is 0 Å². The Morgan fingerprint density at radius 3 is 2.00 bits per heavy atom. The minimum Gasteiger partial charge on any atom is -0.350 e. The van der Waals surface area contributed by atoms with Crippen LogP contribution in [0.15, 0.2) is 84.6 Å². The van der Waals surface area contributed by atoms with Gasteiger partial charge in [0.15, 0.2) is 0 Å². The zero-order chi connectivity index (χ0) is 22.0. The van der Waals surface area contributed by atoms with Crippen LogP contribution in [0, 0.1) is 6.92 Å². The molecule has 0 bridgehead atoms. The summed E-state index contributed by atoms with van der Waals surface area (Å²) in [7, 11) is 0. The summed E-state index contributed by atoms with van der Waals surface area (Å²) < 4.78 is 0. The quantitative estimate of drug-likeness (QED) is 0.612. The lowest BCUT2D eigenvalue weighted by Crippen LogP contribution is -2.32. The maximum Gasteiger partial charge on any atom is 0.282 e. The Balaban J connectivity index is 1.74. The summed E-state index contributed by atoms with van der Waals surface area (Å²) in [6.45, 7) is 3.40. The molecule has 0 unspecified atom stereocenters. The number of carbonyl (C=O) groups is 3. The minimum absolute atomic E-state index is 0.167. The third-order valence-electron chi connectivity index (χ3n) is 4.91. The van der Waals surface area contributed by atoms with Gasteiger partial charge in [-0.05, 0) is 48.9 Å². The van der Waals surface area contributed by atoms with Crippen molar-refractivity contribution >= 4 is 40.4 Å². The molecule has 1 heterocycles. The highest BCUT2D eigenvalue weighted by molar-refractivity contribution is 6.46. The molecular weight excluding hydrogens is 390 g/mol. The number of imide groups is 1. The largest absolute Gasteiger partial charge is 0.350 e. The number of nitrogens with zero attached hydrogens (tertiary/aromatic N) is 1. The molecule has 4 rings (SSSR count). The van der Waals surface area contributed by atoms with E-state index in [4.69, 9.17) is 0 Å². The van der Waals surface area contributed by atoms with Gasteiger partial charge in [0.1, 0.15) is 5.70 Å². The molecule has 1 aliphatic heterocycles. The van der Waals surface area contributed by atoms with Crippen molar-refractivity contribution in [2.75, 3.05) is 15.5 Å². The Hall–Kier alpha value is -4.19. The average Bonchev–Trinajstić information content (AvgIpc) is 3.00. The summed E-state index contributed by atoms with van der Waals surface area (Å²) in [6.07, 6.45) is 0. The normalized spacial score (nSPS) is 13.5. The van der Waals surface area contributed by atoms with Gasteiger partial charge in [-0.25, -0.2) is 4.90 Å². The van der Waals surface area contributed by atoms with Crippen molar-refractivity contribution in [1.82, 2.24) is 0 Å². The van der Waals surface area contributed by atoms with Crippen LogP contribution in [0.4, 0.5) is 17.1 Å². The van der Waals surface area contributed by atoms with Gasteiger partial charge in [-0.2, -0.15) is 0 Å². The maximum absolute atomic E-state index is 13.3. The number of amides is 3. The predicted molar refractivity (Wildman–Crippen MR) is 121 cm³/mol. The van der Waals surface area contributed by atoms with E-state index in [2.05, 4.69) is 10.6 Å². The summed E-state index contributed by atoms with van der Waals surface area (Å²) in [5.41, 5.74) is 4.05. The molecule has 3 aromatic carbocycles. The van der Waals surface area contributed by atoms with Crippen LogP contribution in [0.25, 0.3) is 5.57 Å². The second kappa shape index (κ2) is 8.28. The molecule has 0 atom stereocenters. The summed E-state index contributed by atoms with van der Waals surface area (Å²) >= 11 is 0. The molecular formula is C25H21N3O3. The first-order chi connectivity index (χ1) is 14.9. The number of benzene rings is 3. The van der Waals surface area contributed by atoms with E-state index in [9.17, 15) is 14.4 Å². The zero-order valence-corrected chi connectivity index (χ0v) is 17.2. The highest BCUT2D eigenvalue weighted by atomic mass is 16.2. The van der Waals surface area contributed by atoms with Gasteiger partial charge in [-0.3, -0.25) is 14.4 Å². The number of rotatable bonds is 5. The topological polar surface area (TPSA) is 78.5 Å². The fourth-order valence-electron chi connectivity index (χ4n) is 3.43. The third-order valence-corrected chi connectivity index (χ3v) is 4.91. The molecule has 0 aromatic heterocycles. The minimum atomic E-state index is -0.419. The van der Waals surface area contributed by atoms with Gasteiger partial charge in [0.25, 0.3) is 11.8 Å². The molecule has 3 aromatic rings. The summed E-state index contributed by atoms with van der Waals surface area (Å²) in [4.78, 5) is 39.1. The fraction of sp³-hybridized carbons (Fsp3) is 0.0800. The zero-order valence-electron chi connectivity index (χ0n) is 17.2. The number of anilines is 3. The molecule has 6 nitrogen and oxygen atoms in total. The molecule has 0 fully saturated rings. The van der Waals surface area contributed by atoms with Crippen LogP contribution >= 0.6 is 0 Å². The lowest BCUT2D eigenvalue weighted by molar-refractivity contribution is -0.120. The molecule has 6 heteroatoms. The molecule has 0 radical (unpaired) electrons. The van der Waals surface area contributed by atoms with Crippen molar-refractivity contribution in [3.8, 4) is 0 Å². The van der Waals surface area contributed by atoms with E-state index >= 15 is 0 Å². The first kappa shape index (κ1) is 20.1. The van der Waals surface area contributed by atoms with Crippen LogP contribution < -0.4 is 15.5 Å². The lowest BCUT2D eigenvalue weighted by atomic mass is 10.0. The number of nitrogens with one attached hydrogen (secondary N) is 2. The monoisotopic (exact) mass is 411 g/mol. The molecule has 3 amide bonds. The van der Waals surface area contributed by atoms with Crippen LogP contribution in [-0.4, -0.2) is 17.7 Å². The van der Waals surface area contributed by atoms with Gasteiger partial charge >= 0.3 is 0 Å². The van der Waals surface area contributed by atoms with Crippen LogP contribution in [0.1, 0.15) is 18.1 Å². The second-order valence-electron chi connectivity index (χ2n) is 7.28. The van der Waals surface area contributed by atoms with Crippen LogP contribution in [-0.2, 0) is 14.4 Å². The molecule has 0 saturated carbocycles. The summed E-state index contributed by atoms with van der Waals surface area (Å²) in [5, 5.41) is 5.82. The Kier molecular flexibility index (Phi) is 5.37. The Morgan fingerprint density at radius 1 is 0.774 bits per heavy atom. The lowest BCUT2D eigenvalue weighted by Gasteiger charge is -2.15. The third kappa shape index (κ3) is 4.09. The Morgan fingerprint density at radius 2 is 1.39 bits per heavy atom. The highest BCUT2D eigenvalue weighted by Gasteiger charge is 2.40. The van der Waals surface area contributed by atoms with E-state index in [-0.39, 0.29) is 17.5 Å². The van der Waals surface area contributed by atoms with Crippen molar-refractivity contribution in [2.45, 2.75) is 13.8 Å². The predicted octanol–water partition coefficient (Wildman–Crippen LogP) is 4.35. The summed E-state index contributed by atoms with van der Waals surface area (Å²) in [6, 6.07) is 23.3. The highest BCUT2D eigenvalue weighted by Crippen LogP contribution is 2.33. The fourth-order valence-corrected chi connectivity index (χ4v) is 3.43. The molecule has 31 heavy (non-hydrogen) atoms. The SMILES string of the molecule is CC(=O)Nc1ccc(NC2=C(c3ccc(C)cc3)C(=O)N(c3ccccc3)C2=O)cc1. The number of para-hydroxylation sites is 1. The van der Waals surface area contributed by atoms with Crippen molar-refractivity contribution < 1.29 is 14.4 Å². The van der Waals surface area contributed by atoms with Crippen LogP contribution in [0.2, 0.25) is 0 Å². The van der Waals surface area contributed by atoms with Gasteiger partial charge in [0, 0.05) is 18.3 Å². The average molecular weight is 411 g/mol. The Bertz CT molecular complexity index is 1180. The van der Waals surface area contributed by atoms with Crippen molar-refractivity contribution in [2.24, 2.45) is 0 Å². The molecule has 1 aliphatic rings. The first-order valence-electron chi connectivity index (χ1n) is 9.84. The van der Waals surface area contributed by atoms with Gasteiger partial charge in [-0.1, -0.05) is 48.0 Å². The molecule has 0 saturated heterocycles. The van der Waals surface area contributed by atoms with Gasteiger partial charge in [0.05, 0.1) is 11.3 Å². The number of hydrogen-bond donors (Lipinski definition) is 2. The number of aryl methyl sites for hydroxylation is 1. The smallest absolute Gasteiger partial charge is 0.282 e. The van der Waals surface area contributed by atoms with E-state index in [0.29, 0.717) is 28.2 Å². The Labute approximate surface area is 180 Å². The maximum atomic E-state index is 13.3. The molecule has 154 valence electrons. The molecule has 2 N–H and O–H groups in total. The first-order valence-corrected chi connectivity index (χ1v) is 9.84. The van der Waals surface area contributed by atoms with Crippen molar-refractivity contribution in [3.05, 3.63) is 95.7 Å². The van der Waals surface area contributed by atoms with Gasteiger partial charge < -0.3 is 10.6 Å². The second-order valence-corrected chi connectivity index (χ2v) is 7.28. The van der Waals surface area contributed by atoms with Crippen LogP contribution in [0.3, 0.4) is 0 Å². The van der Waals surface area contributed by atoms with E-state index in [0.717, 1.165) is 5.56 Å². The van der Waals surface area contributed by atoms with E-state index < -0.39 is 5.91 Å². The van der Waals surface area contributed by atoms with E-state index in [1.807, 2.05) is 37.3 Å². The van der Waals surface area contributed by atoms with E-state index in [1.165, 1.54) is 11.8 Å². The van der Waals surface area contributed by atoms with Gasteiger partial charge in [0.2, 0.25) is 5.91 Å². The van der Waals surface area contributed by atoms with Gasteiger partial charge in [-0.15, -0.1) is 0 Å². The number of carbonyl (C=O) groups excluding carboxylic acids is 3. The van der Waals surface area contributed by atoms with Crippen molar-refractivity contribution in [3.63, 3.8) is 0 Å². The standard InChI is InChI=1S/C25H21N3O3/c1-16-8-10-18(11-9-16)22-23(27-20-14-12-19(13-15-20)26-17(2)29)25(31)28(24(22)30)21-6-4-3-5-7-21/h3-15,27H,1-2H3,(H,26,29). The molecule has 0 spiro atoms. The van der Waals surface area contributed by atoms with Crippen molar-refractivity contribution in [1.29, 1.82) is 0 Å². The van der Waals surface area contributed by atoms with E-state index in [1.54, 1.807) is 48.5 Å². The summed E-state index contributed by atoms with van der Waals surface area (Å²) in [5.74, 6) is -0.963. The molecule has 0 aliphatic carbocycles.